The minimum absolute atomic E-state index is 0.0389. The molecule has 4 rings (SSSR count). The second kappa shape index (κ2) is 5.82. The van der Waals surface area contributed by atoms with Gasteiger partial charge in [0.05, 0.1) is 22.3 Å². The van der Waals surface area contributed by atoms with Crippen molar-refractivity contribution in [3.05, 3.63) is 47.7 Å². The van der Waals surface area contributed by atoms with E-state index in [1.54, 1.807) is 30.3 Å². The third-order valence-corrected chi connectivity index (χ3v) is 4.35. The monoisotopic (exact) mass is 361 g/mol. The Morgan fingerprint density at radius 1 is 1.23 bits per heavy atom. The van der Waals surface area contributed by atoms with Gasteiger partial charge in [0.15, 0.2) is 5.65 Å². The molecule has 1 aromatic carbocycles. The van der Waals surface area contributed by atoms with Gasteiger partial charge in [-0.3, -0.25) is 4.79 Å². The average molecular weight is 361 g/mol. The summed E-state index contributed by atoms with van der Waals surface area (Å²) in [6.07, 6.45) is -3.10. The van der Waals surface area contributed by atoms with Crippen LogP contribution in [0.4, 0.5) is 13.2 Å². The molecule has 0 radical (unpaired) electrons. The van der Waals surface area contributed by atoms with E-state index in [0.29, 0.717) is 11.3 Å². The van der Waals surface area contributed by atoms with Crippen LogP contribution in [-0.2, 0) is 17.5 Å². The summed E-state index contributed by atoms with van der Waals surface area (Å²) in [5.74, 6) is -1.25. The maximum Gasteiger partial charge on any atom is 0.417 e. The molecule has 0 amide bonds. The lowest BCUT2D eigenvalue weighted by molar-refractivity contribution is -0.138. The maximum atomic E-state index is 13.8. The summed E-state index contributed by atoms with van der Waals surface area (Å²) in [7, 11) is 0. The molecule has 0 spiro atoms. The van der Waals surface area contributed by atoms with E-state index in [4.69, 9.17) is 5.11 Å². The Bertz CT molecular complexity index is 992. The summed E-state index contributed by atoms with van der Waals surface area (Å²) in [6, 6.07) is 9.52. The van der Waals surface area contributed by atoms with Crippen molar-refractivity contribution in [2.75, 3.05) is 0 Å². The molecule has 0 atom stereocenters. The molecule has 0 bridgehead atoms. The minimum atomic E-state index is -4.59. The fraction of sp³-hybridized carbons (Fsp3) is 0.278. The van der Waals surface area contributed by atoms with Crippen molar-refractivity contribution >= 4 is 17.0 Å². The van der Waals surface area contributed by atoms with Gasteiger partial charge in [-0.2, -0.15) is 18.3 Å². The van der Waals surface area contributed by atoms with E-state index in [9.17, 15) is 18.0 Å². The highest BCUT2D eigenvalue weighted by atomic mass is 19.4. The molecule has 1 aliphatic rings. The highest BCUT2D eigenvalue weighted by Gasteiger charge is 2.39. The van der Waals surface area contributed by atoms with Gasteiger partial charge in [0, 0.05) is 11.5 Å². The predicted molar refractivity (Wildman–Crippen MR) is 87.6 cm³/mol. The van der Waals surface area contributed by atoms with E-state index in [0.717, 1.165) is 23.6 Å². The molecular weight excluding hydrogens is 347 g/mol. The first-order valence-electron chi connectivity index (χ1n) is 8.10. The number of benzene rings is 1. The SMILES string of the molecule is O=C(O)Cn1nc(C2CC2)c2c(C(F)(F)F)cc(-c3ccccc3)nc21. The number of aliphatic carboxylic acids is 1. The van der Waals surface area contributed by atoms with Crippen molar-refractivity contribution in [2.45, 2.75) is 31.5 Å². The first-order valence-corrected chi connectivity index (χ1v) is 8.10. The molecule has 2 heterocycles. The zero-order valence-electron chi connectivity index (χ0n) is 13.5. The lowest BCUT2D eigenvalue weighted by Crippen LogP contribution is -2.12. The Balaban J connectivity index is 2.04. The van der Waals surface area contributed by atoms with Crippen molar-refractivity contribution in [3.63, 3.8) is 0 Å². The Hall–Kier alpha value is -2.90. The van der Waals surface area contributed by atoms with Crippen LogP contribution in [0.1, 0.15) is 30.0 Å². The Morgan fingerprint density at radius 2 is 1.92 bits per heavy atom. The number of rotatable bonds is 4. The Kier molecular flexibility index (Phi) is 3.71. The summed E-state index contributed by atoms with van der Waals surface area (Å²) in [4.78, 5) is 15.5. The molecule has 5 nitrogen and oxygen atoms in total. The molecule has 0 saturated heterocycles. The largest absolute Gasteiger partial charge is 0.480 e. The van der Waals surface area contributed by atoms with Crippen LogP contribution < -0.4 is 0 Å². The summed E-state index contributed by atoms with van der Waals surface area (Å²) in [6.45, 7) is -0.536. The van der Waals surface area contributed by atoms with E-state index >= 15 is 0 Å². The van der Waals surface area contributed by atoms with E-state index in [1.807, 2.05) is 0 Å². The molecule has 2 aromatic heterocycles. The average Bonchev–Trinajstić information content (AvgIpc) is 3.37. The van der Waals surface area contributed by atoms with Crippen molar-refractivity contribution in [1.29, 1.82) is 0 Å². The zero-order chi connectivity index (χ0) is 18.5. The molecule has 8 heteroatoms. The van der Waals surface area contributed by atoms with E-state index in [2.05, 4.69) is 10.1 Å². The van der Waals surface area contributed by atoms with Gasteiger partial charge >= 0.3 is 12.1 Å². The number of alkyl halides is 3. The van der Waals surface area contributed by atoms with Gasteiger partial charge in [0.2, 0.25) is 0 Å². The lowest BCUT2D eigenvalue weighted by Gasteiger charge is -2.12. The molecule has 3 aromatic rings. The van der Waals surface area contributed by atoms with Crippen molar-refractivity contribution in [2.24, 2.45) is 0 Å². The molecule has 1 fully saturated rings. The van der Waals surface area contributed by atoms with Crippen LogP contribution in [-0.4, -0.2) is 25.8 Å². The number of nitrogens with zero attached hydrogens (tertiary/aromatic N) is 3. The van der Waals surface area contributed by atoms with Crippen molar-refractivity contribution in [3.8, 4) is 11.3 Å². The standard InChI is InChI=1S/C18H14F3N3O2/c19-18(20,21)12-8-13(10-4-2-1-3-5-10)22-17-15(12)16(11-6-7-11)23-24(17)9-14(25)26/h1-5,8,11H,6-7,9H2,(H,25,26). The highest BCUT2D eigenvalue weighted by molar-refractivity contribution is 5.87. The number of halogens is 3. The molecule has 0 unspecified atom stereocenters. The van der Waals surface area contributed by atoms with Gasteiger partial charge in [-0.05, 0) is 18.9 Å². The van der Waals surface area contributed by atoms with E-state index in [1.165, 1.54) is 0 Å². The van der Waals surface area contributed by atoms with Gasteiger partial charge in [-0.25, -0.2) is 9.67 Å². The molecule has 0 aliphatic heterocycles. The van der Waals surface area contributed by atoms with Gasteiger partial charge in [-0.15, -0.1) is 0 Å². The number of carboxylic acids is 1. The molecule has 1 saturated carbocycles. The summed E-state index contributed by atoms with van der Waals surface area (Å²) in [5, 5.41) is 13.2. The third-order valence-electron chi connectivity index (χ3n) is 4.35. The maximum absolute atomic E-state index is 13.8. The molecular formula is C18H14F3N3O2. The van der Waals surface area contributed by atoms with Gasteiger partial charge in [0.25, 0.3) is 0 Å². The van der Waals surface area contributed by atoms with Crippen molar-refractivity contribution < 1.29 is 23.1 Å². The Labute approximate surface area is 146 Å². The number of pyridine rings is 1. The topological polar surface area (TPSA) is 68.0 Å². The molecule has 134 valence electrons. The minimum Gasteiger partial charge on any atom is -0.480 e. The van der Waals surface area contributed by atoms with E-state index in [-0.39, 0.29) is 22.6 Å². The number of carbonyl (C=O) groups is 1. The third kappa shape index (κ3) is 2.91. The second-order valence-electron chi connectivity index (χ2n) is 6.33. The first kappa shape index (κ1) is 16.6. The normalized spacial score (nSPS) is 14.7. The number of hydrogen-bond acceptors (Lipinski definition) is 3. The summed E-state index contributed by atoms with van der Waals surface area (Å²) >= 11 is 0. The van der Waals surface area contributed by atoms with Gasteiger partial charge in [-0.1, -0.05) is 30.3 Å². The summed E-state index contributed by atoms with van der Waals surface area (Å²) < 4.78 is 42.4. The Morgan fingerprint density at radius 3 is 2.50 bits per heavy atom. The zero-order valence-corrected chi connectivity index (χ0v) is 13.5. The molecule has 1 aliphatic carbocycles. The fourth-order valence-corrected chi connectivity index (χ4v) is 3.06. The van der Waals surface area contributed by atoms with Crippen LogP contribution in [0.3, 0.4) is 0 Å². The van der Waals surface area contributed by atoms with Crippen molar-refractivity contribution in [1.82, 2.24) is 14.8 Å². The number of hydrogen-bond donors (Lipinski definition) is 1. The quantitative estimate of drug-likeness (QED) is 0.760. The number of fused-ring (bicyclic) bond motifs is 1. The van der Waals surface area contributed by atoms with Crippen LogP contribution in [0.15, 0.2) is 36.4 Å². The first-order chi connectivity index (χ1) is 12.3. The number of aromatic nitrogens is 3. The second-order valence-corrected chi connectivity index (χ2v) is 6.33. The smallest absolute Gasteiger partial charge is 0.417 e. The van der Waals surface area contributed by atoms with Crippen LogP contribution >= 0.6 is 0 Å². The van der Waals surface area contributed by atoms with Gasteiger partial charge in [0.1, 0.15) is 6.54 Å². The van der Waals surface area contributed by atoms with Crippen LogP contribution in [0, 0.1) is 0 Å². The van der Waals surface area contributed by atoms with E-state index < -0.39 is 24.3 Å². The van der Waals surface area contributed by atoms with Crippen LogP contribution in [0.5, 0.6) is 0 Å². The predicted octanol–water partition coefficient (Wildman–Crippen LogP) is 4.08. The fourth-order valence-electron chi connectivity index (χ4n) is 3.06. The number of carboxylic acid groups (broad SMARTS) is 1. The summed E-state index contributed by atoms with van der Waals surface area (Å²) in [5.41, 5.74) is 0.0961. The lowest BCUT2D eigenvalue weighted by atomic mass is 10.0. The molecule has 1 N–H and O–H groups in total. The highest BCUT2D eigenvalue weighted by Crippen LogP contribution is 2.46. The molecule has 26 heavy (non-hydrogen) atoms. The van der Waals surface area contributed by atoms with Gasteiger partial charge < -0.3 is 5.11 Å². The van der Waals surface area contributed by atoms with Crippen LogP contribution in [0.2, 0.25) is 0 Å². The van der Waals surface area contributed by atoms with Crippen LogP contribution in [0.25, 0.3) is 22.3 Å².